The molecule has 1 unspecified atom stereocenters. The first-order chi connectivity index (χ1) is 21.8. The summed E-state index contributed by atoms with van der Waals surface area (Å²) in [4.78, 5) is 28.7. The second kappa shape index (κ2) is 13.5. The van der Waals surface area contributed by atoms with Crippen LogP contribution in [0.5, 0.6) is 17.2 Å². The van der Waals surface area contributed by atoms with E-state index in [-0.39, 0.29) is 16.5 Å². The van der Waals surface area contributed by atoms with Gasteiger partial charge in [-0.25, -0.2) is 0 Å². The number of carbonyl (C=O) groups is 2. The van der Waals surface area contributed by atoms with Crippen LogP contribution < -0.4 is 19.1 Å². The summed E-state index contributed by atoms with van der Waals surface area (Å²) in [5.41, 5.74) is 1.89. The van der Waals surface area contributed by atoms with E-state index in [1.165, 1.54) is 28.0 Å². The second-order valence-corrected chi connectivity index (χ2v) is 13.5. The average Bonchev–Trinajstić information content (AvgIpc) is 3.61. The van der Waals surface area contributed by atoms with Gasteiger partial charge in [-0.3, -0.25) is 14.5 Å². The van der Waals surface area contributed by atoms with Gasteiger partial charge in [0.05, 0.1) is 18.2 Å². The molecule has 2 aliphatic heterocycles. The van der Waals surface area contributed by atoms with Crippen LogP contribution in [0.1, 0.15) is 43.0 Å². The average molecular weight is 664 g/mol. The van der Waals surface area contributed by atoms with E-state index in [0.29, 0.717) is 69.2 Å². The fourth-order valence-electron chi connectivity index (χ4n) is 4.96. The largest absolute Gasteiger partial charge is 0.507 e. The summed E-state index contributed by atoms with van der Waals surface area (Å²) in [6, 6.07) is 18.7. The summed E-state index contributed by atoms with van der Waals surface area (Å²) in [7, 11) is 0. The first kappa shape index (κ1) is 30.9. The molecule has 4 aromatic rings. The number of aliphatic hydroxyl groups excluding tert-OH is 1. The molecule has 1 atom stereocenters. The third-order valence-corrected chi connectivity index (χ3v) is 9.65. The number of ether oxygens (including phenoxy) is 3. The molecule has 45 heavy (non-hydrogen) atoms. The lowest BCUT2D eigenvalue weighted by Crippen LogP contribution is -2.29. The number of thioether (sulfide) groups is 1. The lowest BCUT2D eigenvalue weighted by Gasteiger charge is -2.23. The monoisotopic (exact) mass is 663 g/mol. The van der Waals surface area contributed by atoms with Gasteiger partial charge in [0.1, 0.15) is 24.7 Å². The van der Waals surface area contributed by atoms with Gasteiger partial charge in [-0.1, -0.05) is 72.8 Å². The van der Waals surface area contributed by atoms with E-state index in [4.69, 9.17) is 25.8 Å². The van der Waals surface area contributed by atoms with Gasteiger partial charge in [-0.2, -0.15) is 0 Å². The number of ketones is 1. The van der Waals surface area contributed by atoms with Crippen molar-refractivity contribution in [2.45, 2.75) is 36.4 Å². The Hall–Kier alpha value is -4.06. The standard InChI is InChI=1S/C33H30ClN3O6S2/c1-19(2)12-13-41-24-5-3-4-21(16-24)28-27(29(38)22-8-11-25-26(17-22)43-15-14-42-25)30(39)31(40)37(28)32-35-36-33(45-32)44-18-20-6-9-23(34)10-7-20/h3-11,16-17,19,28,38H,12-15,18H2,1-2H3/b29-27-. The van der Waals surface area contributed by atoms with Crippen LogP contribution in [0.2, 0.25) is 5.02 Å². The molecule has 0 bridgehead atoms. The number of nitrogens with zero attached hydrogens (tertiary/aromatic N) is 3. The van der Waals surface area contributed by atoms with Crippen LogP contribution in [0.25, 0.3) is 5.76 Å². The maximum absolute atomic E-state index is 13.7. The highest BCUT2D eigenvalue weighted by atomic mass is 35.5. The topological polar surface area (TPSA) is 111 Å². The Morgan fingerprint density at radius 2 is 1.84 bits per heavy atom. The predicted octanol–water partition coefficient (Wildman–Crippen LogP) is 7.31. The molecule has 6 rings (SSSR count). The molecule has 0 aliphatic carbocycles. The molecular weight excluding hydrogens is 634 g/mol. The first-order valence-electron chi connectivity index (χ1n) is 14.4. The van der Waals surface area contributed by atoms with Gasteiger partial charge in [0.15, 0.2) is 15.8 Å². The lowest BCUT2D eigenvalue weighted by molar-refractivity contribution is -0.132. The maximum atomic E-state index is 13.7. The van der Waals surface area contributed by atoms with E-state index in [1.54, 1.807) is 36.4 Å². The first-order valence-corrected chi connectivity index (χ1v) is 16.6. The minimum atomic E-state index is -0.978. The second-order valence-electron chi connectivity index (χ2n) is 10.9. The molecule has 1 amide bonds. The third-order valence-electron chi connectivity index (χ3n) is 7.28. The molecule has 1 aromatic heterocycles. The maximum Gasteiger partial charge on any atom is 0.301 e. The number of halogens is 1. The van der Waals surface area contributed by atoms with Crippen molar-refractivity contribution in [3.05, 3.63) is 94.0 Å². The van der Waals surface area contributed by atoms with Crippen molar-refractivity contribution in [3.63, 3.8) is 0 Å². The van der Waals surface area contributed by atoms with Crippen molar-refractivity contribution >= 4 is 57.3 Å². The van der Waals surface area contributed by atoms with Crippen LogP contribution >= 0.6 is 34.7 Å². The normalized spacial score (nSPS) is 17.2. The van der Waals surface area contributed by atoms with Gasteiger partial charge in [0, 0.05) is 16.3 Å². The zero-order chi connectivity index (χ0) is 31.5. The fourth-order valence-corrected chi connectivity index (χ4v) is 6.91. The number of Topliss-reactive ketones (excluding diaryl/α,β-unsaturated/α-hetero) is 1. The van der Waals surface area contributed by atoms with Gasteiger partial charge in [0.2, 0.25) is 5.13 Å². The molecular formula is C33H30ClN3O6S2. The van der Waals surface area contributed by atoms with Crippen molar-refractivity contribution in [3.8, 4) is 17.2 Å². The number of benzene rings is 3. The van der Waals surface area contributed by atoms with Gasteiger partial charge in [0.25, 0.3) is 5.78 Å². The van der Waals surface area contributed by atoms with Crippen LogP contribution in [0.15, 0.2) is 76.6 Å². The quantitative estimate of drug-likeness (QED) is 0.0614. The highest BCUT2D eigenvalue weighted by molar-refractivity contribution is 8.00. The lowest BCUT2D eigenvalue weighted by atomic mass is 9.95. The van der Waals surface area contributed by atoms with Crippen molar-refractivity contribution in [1.29, 1.82) is 0 Å². The Kier molecular flexibility index (Phi) is 9.29. The molecule has 0 spiro atoms. The van der Waals surface area contributed by atoms with Crippen LogP contribution in [-0.2, 0) is 15.3 Å². The number of aromatic nitrogens is 2. The van der Waals surface area contributed by atoms with Gasteiger partial charge in [-0.05, 0) is 65.9 Å². The van der Waals surface area contributed by atoms with E-state index in [9.17, 15) is 14.7 Å². The number of fused-ring (bicyclic) bond motifs is 1. The molecule has 2 aliphatic rings. The molecule has 0 radical (unpaired) electrons. The molecule has 1 N–H and O–H groups in total. The minimum absolute atomic E-state index is 0.0680. The van der Waals surface area contributed by atoms with Crippen molar-refractivity contribution in [2.75, 3.05) is 24.7 Å². The fraction of sp³-hybridized carbons (Fsp3) is 0.273. The van der Waals surface area contributed by atoms with E-state index in [1.807, 2.05) is 30.3 Å². The number of anilines is 1. The zero-order valence-corrected chi connectivity index (χ0v) is 27.0. The highest BCUT2D eigenvalue weighted by Crippen LogP contribution is 2.45. The van der Waals surface area contributed by atoms with E-state index in [0.717, 1.165) is 12.0 Å². The van der Waals surface area contributed by atoms with E-state index < -0.39 is 17.7 Å². The number of aliphatic hydroxyl groups is 1. The van der Waals surface area contributed by atoms with Crippen molar-refractivity contribution in [2.24, 2.45) is 5.92 Å². The Balaban J connectivity index is 1.37. The highest BCUT2D eigenvalue weighted by Gasteiger charge is 2.48. The Bertz CT molecular complexity index is 1760. The molecule has 3 heterocycles. The smallest absolute Gasteiger partial charge is 0.301 e. The Morgan fingerprint density at radius 3 is 2.62 bits per heavy atom. The molecule has 232 valence electrons. The van der Waals surface area contributed by atoms with Crippen LogP contribution in [-0.4, -0.2) is 46.8 Å². The molecule has 9 nitrogen and oxygen atoms in total. The summed E-state index contributed by atoms with van der Waals surface area (Å²) in [5, 5.41) is 21.1. The molecule has 1 fully saturated rings. The number of hydrogen-bond acceptors (Lipinski definition) is 10. The van der Waals surface area contributed by atoms with Crippen molar-refractivity contribution < 1.29 is 28.9 Å². The van der Waals surface area contributed by atoms with Crippen LogP contribution in [0.4, 0.5) is 5.13 Å². The molecule has 12 heteroatoms. The Labute approximate surface area is 273 Å². The van der Waals surface area contributed by atoms with Gasteiger partial charge >= 0.3 is 5.91 Å². The number of amides is 1. The van der Waals surface area contributed by atoms with Gasteiger partial charge < -0.3 is 19.3 Å². The van der Waals surface area contributed by atoms with Crippen LogP contribution in [0, 0.1) is 5.92 Å². The number of rotatable bonds is 10. The SMILES string of the molecule is CC(C)CCOc1cccc(C2/C(=C(/O)c3ccc4c(c3)OCCO4)C(=O)C(=O)N2c2nnc(SCc3ccc(Cl)cc3)s2)c1. The van der Waals surface area contributed by atoms with E-state index >= 15 is 0 Å². The van der Waals surface area contributed by atoms with E-state index in [2.05, 4.69) is 24.0 Å². The number of hydrogen-bond donors (Lipinski definition) is 1. The summed E-state index contributed by atoms with van der Waals surface area (Å²) in [6.45, 7) is 5.54. The third kappa shape index (κ3) is 6.80. The zero-order valence-electron chi connectivity index (χ0n) is 24.6. The number of carbonyl (C=O) groups excluding carboxylic acids is 2. The van der Waals surface area contributed by atoms with Crippen LogP contribution in [0.3, 0.4) is 0 Å². The Morgan fingerprint density at radius 1 is 1.07 bits per heavy atom. The summed E-state index contributed by atoms with van der Waals surface area (Å²) in [5.74, 6) is 0.700. The molecule has 0 saturated carbocycles. The summed E-state index contributed by atoms with van der Waals surface area (Å²) < 4.78 is 17.9. The van der Waals surface area contributed by atoms with Crippen molar-refractivity contribution in [1.82, 2.24) is 10.2 Å². The molecule has 1 saturated heterocycles. The minimum Gasteiger partial charge on any atom is -0.507 e. The summed E-state index contributed by atoms with van der Waals surface area (Å²) in [6.07, 6.45) is 0.869. The molecule has 3 aromatic carbocycles. The van der Waals surface area contributed by atoms with Gasteiger partial charge in [-0.15, -0.1) is 10.2 Å². The predicted molar refractivity (Wildman–Crippen MR) is 175 cm³/mol. The summed E-state index contributed by atoms with van der Waals surface area (Å²) >= 11 is 8.68.